The van der Waals surface area contributed by atoms with Crippen LogP contribution in [0.3, 0.4) is 0 Å². The van der Waals surface area contributed by atoms with Crippen molar-refractivity contribution in [2.75, 3.05) is 32.0 Å². The predicted octanol–water partition coefficient (Wildman–Crippen LogP) is 6.20. The maximum Gasteiger partial charge on any atom is 0.203 e. The number of nitrogens with one attached hydrogen (secondary N) is 2. The number of allylic oxidation sites excluding steroid dienone is 1. The highest BCUT2D eigenvalue weighted by molar-refractivity contribution is 6.30. The van der Waals surface area contributed by atoms with E-state index in [1.165, 1.54) is 0 Å². The van der Waals surface area contributed by atoms with Gasteiger partial charge < -0.3 is 24.8 Å². The zero-order valence-corrected chi connectivity index (χ0v) is 20.6. The third-order valence-corrected chi connectivity index (χ3v) is 6.93. The molecule has 2 aliphatic rings. The molecule has 3 unspecified atom stereocenters. The summed E-state index contributed by atoms with van der Waals surface area (Å²) in [4.78, 5) is 13.8. The Morgan fingerprint density at radius 2 is 1.51 bits per heavy atom. The summed E-state index contributed by atoms with van der Waals surface area (Å²) in [7, 11) is 4.75. The molecule has 0 aromatic heterocycles. The van der Waals surface area contributed by atoms with Crippen LogP contribution in [0.15, 0.2) is 72.4 Å². The van der Waals surface area contributed by atoms with Crippen LogP contribution in [-0.2, 0) is 4.79 Å². The highest BCUT2D eigenvalue weighted by atomic mass is 35.5. The van der Waals surface area contributed by atoms with Gasteiger partial charge in [-0.15, -0.1) is 0 Å². The molecule has 5 rings (SSSR count). The highest BCUT2D eigenvalue weighted by Gasteiger charge is 2.40. The average Bonchev–Trinajstić information content (AvgIpc) is 3.05. The van der Waals surface area contributed by atoms with Crippen molar-refractivity contribution < 1.29 is 19.0 Å². The fourth-order valence-electron chi connectivity index (χ4n) is 4.99. The maximum atomic E-state index is 13.8. The SMILES string of the molecule is COc1cc(C2Nc3ccccc3NC3=CC(c4ccc(Cl)cc4)CC(=O)C32)cc(OC)c1OC. The van der Waals surface area contributed by atoms with E-state index in [2.05, 4.69) is 16.7 Å². The van der Waals surface area contributed by atoms with Crippen LogP contribution in [0.2, 0.25) is 5.02 Å². The first-order valence-electron chi connectivity index (χ1n) is 11.4. The van der Waals surface area contributed by atoms with Crippen molar-refractivity contribution in [3.8, 4) is 17.2 Å². The minimum absolute atomic E-state index is 0.0376. The Balaban J connectivity index is 1.64. The molecule has 3 aromatic rings. The molecule has 0 amide bonds. The molecule has 0 radical (unpaired) electrons. The Morgan fingerprint density at radius 1 is 0.857 bits per heavy atom. The largest absolute Gasteiger partial charge is 0.493 e. The number of anilines is 2. The average molecular weight is 491 g/mol. The third-order valence-electron chi connectivity index (χ3n) is 6.68. The minimum Gasteiger partial charge on any atom is -0.493 e. The molecule has 1 aliphatic carbocycles. The summed E-state index contributed by atoms with van der Waals surface area (Å²) in [6, 6.07) is 19.1. The summed E-state index contributed by atoms with van der Waals surface area (Å²) in [5, 5.41) is 7.84. The molecule has 1 heterocycles. The fourth-order valence-corrected chi connectivity index (χ4v) is 5.11. The van der Waals surface area contributed by atoms with Gasteiger partial charge in [-0.1, -0.05) is 41.9 Å². The summed E-state index contributed by atoms with van der Waals surface area (Å²) in [5.74, 6) is 1.29. The first-order chi connectivity index (χ1) is 17.0. The smallest absolute Gasteiger partial charge is 0.203 e. The molecule has 1 aliphatic heterocycles. The molecule has 0 saturated heterocycles. The molecular formula is C28H27ClN2O4. The minimum atomic E-state index is -0.422. The van der Waals surface area contributed by atoms with Gasteiger partial charge in [-0.3, -0.25) is 4.79 Å². The molecule has 180 valence electrons. The fraction of sp³-hybridized carbons (Fsp3) is 0.250. The van der Waals surface area contributed by atoms with Gasteiger partial charge in [0.2, 0.25) is 5.75 Å². The normalized spacial score (nSPS) is 20.9. The number of ketones is 1. The topological polar surface area (TPSA) is 68.8 Å². The molecule has 2 N–H and O–H groups in total. The van der Waals surface area contributed by atoms with Crippen LogP contribution in [0.4, 0.5) is 11.4 Å². The van der Waals surface area contributed by atoms with Gasteiger partial charge in [0.05, 0.1) is 44.7 Å². The first kappa shape index (κ1) is 23.1. The second-order valence-electron chi connectivity index (χ2n) is 8.68. The molecule has 7 heteroatoms. The number of para-hydroxylation sites is 2. The predicted molar refractivity (Wildman–Crippen MR) is 138 cm³/mol. The van der Waals surface area contributed by atoms with Gasteiger partial charge in [-0.05, 0) is 47.5 Å². The lowest BCUT2D eigenvalue weighted by atomic mass is 9.76. The zero-order chi connectivity index (χ0) is 24.5. The Morgan fingerprint density at radius 3 is 2.14 bits per heavy atom. The van der Waals surface area contributed by atoms with Gasteiger partial charge >= 0.3 is 0 Å². The lowest BCUT2D eigenvalue weighted by molar-refractivity contribution is -0.122. The number of hydrogen-bond donors (Lipinski definition) is 2. The van der Waals surface area contributed by atoms with Crippen molar-refractivity contribution in [1.82, 2.24) is 0 Å². The lowest BCUT2D eigenvalue weighted by Crippen LogP contribution is -2.33. The van der Waals surface area contributed by atoms with Gasteiger partial charge in [-0.2, -0.15) is 0 Å². The maximum absolute atomic E-state index is 13.8. The van der Waals surface area contributed by atoms with E-state index in [4.69, 9.17) is 25.8 Å². The van der Waals surface area contributed by atoms with Crippen LogP contribution in [0.25, 0.3) is 0 Å². The molecule has 35 heavy (non-hydrogen) atoms. The summed E-state index contributed by atoms with van der Waals surface area (Å²) in [6.07, 6.45) is 2.57. The number of rotatable bonds is 5. The van der Waals surface area contributed by atoms with Gasteiger partial charge in [0.1, 0.15) is 5.78 Å². The van der Waals surface area contributed by atoms with E-state index in [9.17, 15) is 4.79 Å². The van der Waals surface area contributed by atoms with Gasteiger partial charge in [0.25, 0.3) is 0 Å². The molecule has 0 fully saturated rings. The summed E-state index contributed by atoms with van der Waals surface area (Å²) >= 11 is 6.09. The van der Waals surface area contributed by atoms with Gasteiger partial charge in [-0.25, -0.2) is 0 Å². The van der Waals surface area contributed by atoms with E-state index in [0.29, 0.717) is 28.7 Å². The van der Waals surface area contributed by atoms with Crippen LogP contribution in [0, 0.1) is 5.92 Å². The van der Waals surface area contributed by atoms with Gasteiger partial charge in [0, 0.05) is 23.1 Å². The molecular weight excluding hydrogens is 464 g/mol. The molecule has 3 aromatic carbocycles. The molecule has 0 bridgehead atoms. The Bertz CT molecular complexity index is 1260. The van der Waals surface area contributed by atoms with Crippen molar-refractivity contribution in [1.29, 1.82) is 0 Å². The van der Waals surface area contributed by atoms with E-state index in [0.717, 1.165) is 28.2 Å². The number of carbonyl (C=O) groups is 1. The second-order valence-corrected chi connectivity index (χ2v) is 9.12. The van der Waals surface area contributed by atoms with Crippen LogP contribution < -0.4 is 24.8 Å². The number of carbonyl (C=O) groups excluding carboxylic acids is 1. The van der Waals surface area contributed by atoms with E-state index in [1.807, 2.05) is 60.7 Å². The number of halogens is 1. The van der Waals surface area contributed by atoms with E-state index in [-0.39, 0.29) is 17.7 Å². The van der Waals surface area contributed by atoms with Crippen molar-refractivity contribution in [3.63, 3.8) is 0 Å². The van der Waals surface area contributed by atoms with Crippen LogP contribution in [0.1, 0.15) is 29.5 Å². The number of hydrogen-bond acceptors (Lipinski definition) is 6. The second kappa shape index (κ2) is 9.55. The highest BCUT2D eigenvalue weighted by Crippen LogP contribution is 2.47. The van der Waals surface area contributed by atoms with Gasteiger partial charge in [0.15, 0.2) is 11.5 Å². The number of methoxy groups -OCH3 is 3. The summed E-state index contributed by atoms with van der Waals surface area (Å²) in [5.41, 5.74) is 4.63. The Kier molecular flexibility index (Phi) is 6.31. The Labute approximate surface area is 209 Å². The number of fused-ring (bicyclic) bond motifs is 2. The van der Waals surface area contributed by atoms with Crippen molar-refractivity contribution in [2.45, 2.75) is 18.4 Å². The quantitative estimate of drug-likeness (QED) is 0.443. The number of Topliss-reactive ketones (excluding diaryl/α,β-unsaturated/α-hetero) is 1. The Hall–Kier alpha value is -3.64. The molecule has 6 nitrogen and oxygen atoms in total. The van der Waals surface area contributed by atoms with E-state index >= 15 is 0 Å². The summed E-state index contributed by atoms with van der Waals surface area (Å²) in [6.45, 7) is 0. The van der Waals surface area contributed by atoms with Crippen LogP contribution in [0.5, 0.6) is 17.2 Å². The zero-order valence-electron chi connectivity index (χ0n) is 19.8. The molecule has 0 saturated carbocycles. The lowest BCUT2D eigenvalue weighted by Gasteiger charge is -2.33. The molecule has 0 spiro atoms. The number of benzene rings is 3. The third kappa shape index (κ3) is 4.30. The van der Waals surface area contributed by atoms with Crippen molar-refractivity contribution in [3.05, 3.63) is 88.6 Å². The van der Waals surface area contributed by atoms with Crippen LogP contribution >= 0.6 is 11.6 Å². The monoisotopic (exact) mass is 490 g/mol. The van der Waals surface area contributed by atoms with Crippen molar-refractivity contribution in [2.24, 2.45) is 5.92 Å². The van der Waals surface area contributed by atoms with E-state index in [1.54, 1.807) is 21.3 Å². The van der Waals surface area contributed by atoms with Crippen molar-refractivity contribution >= 4 is 28.8 Å². The standard InChI is InChI=1S/C28H27ClN2O4/c1-33-24-14-18(15-25(34-2)28(24)35-3)27-26-22(30-20-6-4-5-7-21(20)31-27)12-17(13-23(26)32)16-8-10-19(29)11-9-16/h4-12,14-15,17,26-27,30-31H,13H2,1-3H3. The number of ether oxygens (including phenoxy) is 3. The molecule has 3 atom stereocenters. The summed E-state index contributed by atoms with van der Waals surface area (Å²) < 4.78 is 16.7. The van der Waals surface area contributed by atoms with Crippen LogP contribution in [-0.4, -0.2) is 27.1 Å². The first-order valence-corrected chi connectivity index (χ1v) is 11.8. The van der Waals surface area contributed by atoms with E-state index < -0.39 is 5.92 Å².